The minimum absolute atomic E-state index is 0.0235. The molecule has 6 nitrogen and oxygen atoms in total. The molecule has 4 rings (SSSR count). The van der Waals surface area contributed by atoms with Crippen LogP contribution in [0.2, 0.25) is 0 Å². The van der Waals surface area contributed by atoms with Gasteiger partial charge in [0.15, 0.2) is 5.16 Å². The number of thioether (sulfide) groups is 1. The predicted molar refractivity (Wildman–Crippen MR) is 129 cm³/mol. The number of rotatable bonds is 6. The summed E-state index contributed by atoms with van der Waals surface area (Å²) in [5.41, 5.74) is 1.16. The Bertz CT molecular complexity index is 1160. The SMILES string of the molecule is COc1ccc(-n2c(SCC(=O)NC3CCCC(C)C3C)nc3ccccc3c2=O)cc1. The number of fused-ring (bicyclic) bond motifs is 1. The van der Waals surface area contributed by atoms with Crippen LogP contribution >= 0.6 is 11.8 Å². The third-order valence-corrected chi connectivity index (χ3v) is 7.40. The number of carbonyl (C=O) groups is 1. The molecule has 0 saturated heterocycles. The Hall–Kier alpha value is -2.80. The fraction of sp³-hybridized carbons (Fsp3) is 0.400. The van der Waals surface area contributed by atoms with Crippen molar-refractivity contribution in [3.05, 3.63) is 58.9 Å². The topological polar surface area (TPSA) is 73.2 Å². The van der Waals surface area contributed by atoms with E-state index in [0.717, 1.165) is 12.8 Å². The molecule has 0 radical (unpaired) electrons. The molecule has 1 fully saturated rings. The van der Waals surface area contributed by atoms with Crippen LogP contribution in [-0.4, -0.2) is 34.4 Å². The van der Waals surface area contributed by atoms with E-state index in [2.05, 4.69) is 19.2 Å². The van der Waals surface area contributed by atoms with E-state index in [1.807, 2.05) is 42.5 Å². The van der Waals surface area contributed by atoms with Crippen molar-refractivity contribution in [1.29, 1.82) is 0 Å². The summed E-state index contributed by atoms with van der Waals surface area (Å²) in [6.07, 6.45) is 3.39. The van der Waals surface area contributed by atoms with Crippen molar-refractivity contribution in [2.24, 2.45) is 11.8 Å². The molecule has 1 aromatic heterocycles. The van der Waals surface area contributed by atoms with Crippen LogP contribution in [0, 0.1) is 11.8 Å². The monoisotopic (exact) mass is 451 g/mol. The molecule has 0 spiro atoms. The molecule has 168 valence electrons. The standard InChI is InChI=1S/C25H29N3O3S/c1-16-7-6-10-21(17(16)2)26-23(29)15-32-25-27-22-9-5-4-8-20(22)24(30)28(25)18-11-13-19(31-3)14-12-18/h4-5,8-9,11-14,16-17,21H,6-7,10,15H2,1-3H3,(H,26,29). The van der Waals surface area contributed by atoms with Crippen LogP contribution < -0.4 is 15.6 Å². The maximum absolute atomic E-state index is 13.3. The molecule has 7 heteroatoms. The summed E-state index contributed by atoms with van der Waals surface area (Å²) in [7, 11) is 1.60. The van der Waals surface area contributed by atoms with Gasteiger partial charge in [-0.05, 0) is 54.7 Å². The van der Waals surface area contributed by atoms with Crippen molar-refractivity contribution >= 4 is 28.6 Å². The molecule has 1 aliphatic rings. The molecule has 2 aromatic carbocycles. The summed E-state index contributed by atoms with van der Waals surface area (Å²) in [4.78, 5) is 30.8. The second-order valence-corrected chi connectivity index (χ2v) is 9.42. The number of ether oxygens (including phenoxy) is 1. The number of hydrogen-bond donors (Lipinski definition) is 1. The van der Waals surface area contributed by atoms with Crippen molar-refractivity contribution in [3.8, 4) is 11.4 Å². The Morgan fingerprint density at radius 3 is 2.66 bits per heavy atom. The number of amides is 1. The van der Waals surface area contributed by atoms with Crippen LogP contribution in [0.5, 0.6) is 5.75 Å². The molecule has 3 unspecified atom stereocenters. The zero-order valence-electron chi connectivity index (χ0n) is 18.7. The quantitative estimate of drug-likeness (QED) is 0.443. The highest BCUT2D eigenvalue weighted by Crippen LogP contribution is 2.30. The van der Waals surface area contributed by atoms with Crippen LogP contribution in [0.15, 0.2) is 58.5 Å². The number of benzene rings is 2. The zero-order chi connectivity index (χ0) is 22.7. The number of methoxy groups -OCH3 is 1. The maximum Gasteiger partial charge on any atom is 0.266 e. The van der Waals surface area contributed by atoms with Gasteiger partial charge in [0.1, 0.15) is 5.75 Å². The average molecular weight is 452 g/mol. The number of nitrogens with zero attached hydrogens (tertiary/aromatic N) is 2. The first kappa shape index (κ1) is 22.4. The number of nitrogens with one attached hydrogen (secondary N) is 1. The van der Waals surface area contributed by atoms with Crippen LogP contribution in [0.3, 0.4) is 0 Å². The van der Waals surface area contributed by atoms with Gasteiger partial charge in [0.05, 0.1) is 29.5 Å². The summed E-state index contributed by atoms with van der Waals surface area (Å²) in [5.74, 6) is 1.97. The summed E-state index contributed by atoms with van der Waals surface area (Å²) in [6.45, 7) is 4.47. The molecule has 1 heterocycles. The van der Waals surface area contributed by atoms with Crippen LogP contribution in [0.1, 0.15) is 33.1 Å². The van der Waals surface area contributed by atoms with Gasteiger partial charge in [0.2, 0.25) is 5.91 Å². The van der Waals surface area contributed by atoms with Crippen LogP contribution in [0.4, 0.5) is 0 Å². The number of hydrogen-bond acceptors (Lipinski definition) is 5. The van der Waals surface area contributed by atoms with E-state index in [1.165, 1.54) is 18.2 Å². The van der Waals surface area contributed by atoms with Gasteiger partial charge in [0.25, 0.3) is 5.56 Å². The Morgan fingerprint density at radius 2 is 1.91 bits per heavy atom. The highest BCUT2D eigenvalue weighted by atomic mass is 32.2. The van der Waals surface area contributed by atoms with E-state index < -0.39 is 0 Å². The predicted octanol–water partition coefficient (Wildman–Crippen LogP) is 4.43. The minimum atomic E-state index is -0.154. The molecule has 1 aliphatic carbocycles. The second-order valence-electron chi connectivity index (χ2n) is 8.48. The van der Waals surface area contributed by atoms with E-state index in [9.17, 15) is 9.59 Å². The lowest BCUT2D eigenvalue weighted by Gasteiger charge is -2.34. The lowest BCUT2D eigenvalue weighted by atomic mass is 9.78. The molecule has 32 heavy (non-hydrogen) atoms. The first-order valence-corrected chi connectivity index (χ1v) is 12.0. The largest absolute Gasteiger partial charge is 0.497 e. The van der Waals surface area contributed by atoms with Gasteiger partial charge in [0, 0.05) is 6.04 Å². The third kappa shape index (κ3) is 4.67. The Labute approximate surface area is 192 Å². The van der Waals surface area contributed by atoms with E-state index in [0.29, 0.717) is 39.3 Å². The summed E-state index contributed by atoms with van der Waals surface area (Å²) < 4.78 is 6.82. The van der Waals surface area contributed by atoms with E-state index in [-0.39, 0.29) is 23.3 Å². The minimum Gasteiger partial charge on any atom is -0.497 e. The van der Waals surface area contributed by atoms with Crippen LogP contribution in [0.25, 0.3) is 16.6 Å². The number of para-hydroxylation sites is 1. The van der Waals surface area contributed by atoms with Gasteiger partial charge in [-0.2, -0.15) is 0 Å². The molecular formula is C25H29N3O3S. The molecule has 0 aliphatic heterocycles. The molecular weight excluding hydrogens is 422 g/mol. The second kappa shape index (κ2) is 9.77. The third-order valence-electron chi connectivity index (χ3n) is 6.46. The average Bonchev–Trinajstić information content (AvgIpc) is 2.81. The lowest BCUT2D eigenvalue weighted by molar-refractivity contribution is -0.120. The van der Waals surface area contributed by atoms with Gasteiger partial charge in [-0.15, -0.1) is 0 Å². The van der Waals surface area contributed by atoms with Crippen molar-refractivity contribution in [1.82, 2.24) is 14.9 Å². The highest BCUT2D eigenvalue weighted by molar-refractivity contribution is 7.99. The Kier molecular flexibility index (Phi) is 6.84. The first-order valence-electron chi connectivity index (χ1n) is 11.1. The van der Waals surface area contributed by atoms with Crippen LogP contribution in [-0.2, 0) is 4.79 Å². The normalized spacial score (nSPS) is 20.8. The fourth-order valence-electron chi connectivity index (χ4n) is 4.33. The number of aromatic nitrogens is 2. The Morgan fingerprint density at radius 1 is 1.16 bits per heavy atom. The highest BCUT2D eigenvalue weighted by Gasteiger charge is 2.28. The molecule has 3 atom stereocenters. The van der Waals surface area contributed by atoms with Gasteiger partial charge < -0.3 is 10.1 Å². The summed E-state index contributed by atoms with van der Waals surface area (Å²) >= 11 is 1.29. The van der Waals surface area contributed by atoms with Crippen molar-refractivity contribution in [2.45, 2.75) is 44.3 Å². The van der Waals surface area contributed by atoms with Gasteiger partial charge in [-0.1, -0.05) is 50.6 Å². The number of carbonyl (C=O) groups excluding carboxylic acids is 1. The molecule has 1 amide bonds. The summed E-state index contributed by atoms with van der Waals surface area (Å²) in [5, 5.41) is 4.25. The van der Waals surface area contributed by atoms with Gasteiger partial charge in [-0.25, -0.2) is 4.98 Å². The van der Waals surface area contributed by atoms with E-state index in [4.69, 9.17) is 9.72 Å². The molecule has 1 N–H and O–H groups in total. The van der Waals surface area contributed by atoms with Crippen molar-refractivity contribution < 1.29 is 9.53 Å². The summed E-state index contributed by atoms with van der Waals surface area (Å²) in [6, 6.07) is 14.8. The van der Waals surface area contributed by atoms with Crippen molar-refractivity contribution in [3.63, 3.8) is 0 Å². The maximum atomic E-state index is 13.3. The van der Waals surface area contributed by atoms with Gasteiger partial charge >= 0.3 is 0 Å². The molecule has 0 bridgehead atoms. The molecule has 1 saturated carbocycles. The lowest BCUT2D eigenvalue weighted by Crippen LogP contribution is -2.44. The Balaban J connectivity index is 1.61. The zero-order valence-corrected chi connectivity index (χ0v) is 19.5. The van der Waals surface area contributed by atoms with E-state index >= 15 is 0 Å². The van der Waals surface area contributed by atoms with Gasteiger partial charge in [-0.3, -0.25) is 14.2 Å². The van der Waals surface area contributed by atoms with Crippen molar-refractivity contribution in [2.75, 3.05) is 12.9 Å². The fourth-order valence-corrected chi connectivity index (χ4v) is 5.16. The van der Waals surface area contributed by atoms with E-state index in [1.54, 1.807) is 17.7 Å². The smallest absolute Gasteiger partial charge is 0.266 e. The molecule has 3 aromatic rings. The first-order chi connectivity index (χ1) is 15.5.